The van der Waals surface area contributed by atoms with Crippen molar-refractivity contribution >= 4 is 17.3 Å². The van der Waals surface area contributed by atoms with Crippen LogP contribution in [0.15, 0.2) is 18.2 Å². The summed E-state index contributed by atoms with van der Waals surface area (Å²) < 4.78 is 0. The van der Waals surface area contributed by atoms with Crippen LogP contribution in [0.5, 0.6) is 0 Å². The van der Waals surface area contributed by atoms with E-state index in [2.05, 4.69) is 30.1 Å². The first-order valence-corrected chi connectivity index (χ1v) is 7.70. The molecule has 0 amide bonds. The number of nitrogens with one attached hydrogen (secondary N) is 1. The third kappa shape index (κ3) is 3.87. The fraction of sp³-hybridized carbons (Fsp3) is 0.625. The summed E-state index contributed by atoms with van der Waals surface area (Å²) in [5, 5.41) is 4.14. The van der Waals surface area contributed by atoms with Gasteiger partial charge in [0.05, 0.1) is 10.7 Å². The first-order valence-electron chi connectivity index (χ1n) is 7.32. The zero-order valence-electron chi connectivity index (χ0n) is 12.2. The van der Waals surface area contributed by atoms with Gasteiger partial charge in [-0.05, 0) is 43.9 Å². The van der Waals surface area contributed by atoms with Gasteiger partial charge in [-0.2, -0.15) is 0 Å². The van der Waals surface area contributed by atoms with Crippen molar-refractivity contribution < 1.29 is 0 Å². The Morgan fingerprint density at radius 1 is 1.37 bits per heavy atom. The topological polar surface area (TPSA) is 15.3 Å². The van der Waals surface area contributed by atoms with Crippen LogP contribution in [0.4, 0.5) is 5.69 Å². The van der Waals surface area contributed by atoms with E-state index in [0.717, 1.165) is 24.0 Å². The zero-order chi connectivity index (χ0) is 13.8. The van der Waals surface area contributed by atoms with Crippen molar-refractivity contribution in [3.8, 4) is 0 Å². The molecule has 0 aromatic heterocycles. The molecule has 0 saturated heterocycles. The molecule has 1 aromatic carbocycles. The molecule has 1 aliphatic carbocycles. The molecule has 106 valence electrons. The maximum absolute atomic E-state index is 6.48. The Balaban J connectivity index is 2.24. The average molecular weight is 281 g/mol. The third-order valence-corrected chi connectivity index (χ3v) is 3.96. The van der Waals surface area contributed by atoms with E-state index in [1.807, 2.05) is 19.2 Å². The summed E-state index contributed by atoms with van der Waals surface area (Å²) in [6.45, 7) is 6.56. The molecule has 0 unspecified atom stereocenters. The van der Waals surface area contributed by atoms with E-state index in [0.29, 0.717) is 6.04 Å². The highest BCUT2D eigenvalue weighted by atomic mass is 35.5. The predicted octanol–water partition coefficient (Wildman–Crippen LogP) is 4.07. The first-order chi connectivity index (χ1) is 9.13. The van der Waals surface area contributed by atoms with Crippen LogP contribution >= 0.6 is 11.6 Å². The molecule has 0 atom stereocenters. The molecule has 2 nitrogen and oxygen atoms in total. The van der Waals surface area contributed by atoms with Crippen molar-refractivity contribution in [3.05, 3.63) is 28.8 Å². The Morgan fingerprint density at radius 2 is 2.11 bits per heavy atom. The molecule has 1 fully saturated rings. The van der Waals surface area contributed by atoms with Gasteiger partial charge in [0.2, 0.25) is 0 Å². The molecular formula is C16H25ClN2. The fourth-order valence-electron chi connectivity index (χ4n) is 2.48. The smallest absolute Gasteiger partial charge is 0.0643 e. The number of benzene rings is 1. The van der Waals surface area contributed by atoms with Crippen LogP contribution in [0.3, 0.4) is 0 Å². The molecule has 0 radical (unpaired) electrons. The lowest BCUT2D eigenvalue weighted by molar-refractivity contribution is 0.569. The zero-order valence-corrected chi connectivity index (χ0v) is 13.0. The summed E-state index contributed by atoms with van der Waals surface area (Å²) in [6.07, 6.45) is 3.84. The van der Waals surface area contributed by atoms with Crippen molar-refractivity contribution in [2.75, 3.05) is 18.5 Å². The second kappa shape index (κ2) is 6.62. The van der Waals surface area contributed by atoms with Gasteiger partial charge in [0.15, 0.2) is 0 Å². The fourth-order valence-corrected chi connectivity index (χ4v) is 2.78. The van der Waals surface area contributed by atoms with Crippen molar-refractivity contribution in [1.82, 2.24) is 5.32 Å². The maximum Gasteiger partial charge on any atom is 0.0643 e. The van der Waals surface area contributed by atoms with E-state index >= 15 is 0 Å². The largest absolute Gasteiger partial charge is 0.367 e. The van der Waals surface area contributed by atoms with Crippen molar-refractivity contribution in [1.29, 1.82) is 0 Å². The van der Waals surface area contributed by atoms with Crippen LogP contribution in [-0.4, -0.2) is 19.6 Å². The number of nitrogens with zero attached hydrogens (tertiary/aromatic N) is 1. The van der Waals surface area contributed by atoms with Crippen LogP contribution in [0.25, 0.3) is 0 Å². The molecule has 1 N–H and O–H groups in total. The number of rotatable bonds is 7. The molecule has 1 saturated carbocycles. The number of hydrogen-bond acceptors (Lipinski definition) is 2. The Hall–Kier alpha value is -0.730. The van der Waals surface area contributed by atoms with E-state index in [1.165, 1.54) is 30.5 Å². The lowest BCUT2D eigenvalue weighted by Crippen LogP contribution is -2.29. The first kappa shape index (κ1) is 14.7. The van der Waals surface area contributed by atoms with Gasteiger partial charge in [-0.15, -0.1) is 0 Å². The van der Waals surface area contributed by atoms with Gasteiger partial charge in [-0.3, -0.25) is 0 Å². The Bertz CT molecular complexity index is 413. The van der Waals surface area contributed by atoms with Crippen LogP contribution in [0.1, 0.15) is 38.7 Å². The average Bonchev–Trinajstić information content (AvgIpc) is 3.17. The minimum Gasteiger partial charge on any atom is -0.367 e. The third-order valence-electron chi connectivity index (χ3n) is 3.66. The molecule has 0 aliphatic heterocycles. The summed E-state index contributed by atoms with van der Waals surface area (Å²) in [5.41, 5.74) is 2.56. The minimum atomic E-state index is 0.703. The SMILES string of the molecule is CNCc1cccc(Cl)c1N(CCC(C)C)C1CC1. The predicted molar refractivity (Wildman–Crippen MR) is 84.0 cm³/mol. The lowest BCUT2D eigenvalue weighted by Gasteiger charge is -2.29. The summed E-state index contributed by atoms with van der Waals surface area (Å²) in [4.78, 5) is 2.54. The number of para-hydroxylation sites is 1. The lowest BCUT2D eigenvalue weighted by atomic mass is 10.1. The van der Waals surface area contributed by atoms with E-state index in [9.17, 15) is 0 Å². The highest BCUT2D eigenvalue weighted by Crippen LogP contribution is 2.38. The van der Waals surface area contributed by atoms with Crippen LogP contribution in [0.2, 0.25) is 5.02 Å². The molecule has 3 heteroatoms. The number of halogens is 1. The molecule has 0 heterocycles. The van der Waals surface area contributed by atoms with Crippen molar-refractivity contribution in [2.24, 2.45) is 5.92 Å². The Morgan fingerprint density at radius 3 is 2.68 bits per heavy atom. The second-order valence-corrected chi connectivity index (χ2v) is 6.29. The van der Waals surface area contributed by atoms with Gasteiger partial charge < -0.3 is 10.2 Å². The highest BCUT2D eigenvalue weighted by molar-refractivity contribution is 6.33. The minimum absolute atomic E-state index is 0.703. The summed E-state index contributed by atoms with van der Waals surface area (Å²) >= 11 is 6.48. The van der Waals surface area contributed by atoms with Crippen LogP contribution in [-0.2, 0) is 6.54 Å². The molecule has 2 rings (SSSR count). The quantitative estimate of drug-likeness (QED) is 0.810. The summed E-state index contributed by atoms with van der Waals surface area (Å²) in [5.74, 6) is 0.733. The monoisotopic (exact) mass is 280 g/mol. The van der Waals surface area contributed by atoms with Gasteiger partial charge >= 0.3 is 0 Å². The normalized spacial score (nSPS) is 15.0. The highest BCUT2D eigenvalue weighted by Gasteiger charge is 2.31. The van der Waals surface area contributed by atoms with Crippen molar-refractivity contribution in [2.45, 2.75) is 45.7 Å². The van der Waals surface area contributed by atoms with Gasteiger partial charge in [0, 0.05) is 19.1 Å². The van der Waals surface area contributed by atoms with Gasteiger partial charge in [-0.1, -0.05) is 37.6 Å². The van der Waals surface area contributed by atoms with Gasteiger partial charge in [-0.25, -0.2) is 0 Å². The van der Waals surface area contributed by atoms with Crippen LogP contribution < -0.4 is 10.2 Å². The summed E-state index contributed by atoms with van der Waals surface area (Å²) in [6, 6.07) is 6.95. The molecule has 0 bridgehead atoms. The Labute approximate surface area is 122 Å². The molecule has 19 heavy (non-hydrogen) atoms. The van der Waals surface area contributed by atoms with Gasteiger partial charge in [0.25, 0.3) is 0 Å². The molecular weight excluding hydrogens is 256 g/mol. The van der Waals surface area contributed by atoms with Gasteiger partial charge in [0.1, 0.15) is 0 Å². The molecule has 1 aromatic rings. The number of anilines is 1. The maximum atomic E-state index is 6.48. The second-order valence-electron chi connectivity index (χ2n) is 5.88. The van der Waals surface area contributed by atoms with E-state index < -0.39 is 0 Å². The molecule has 1 aliphatic rings. The van der Waals surface area contributed by atoms with E-state index in [1.54, 1.807) is 0 Å². The molecule has 0 spiro atoms. The van der Waals surface area contributed by atoms with Crippen LogP contribution in [0, 0.1) is 5.92 Å². The number of hydrogen-bond donors (Lipinski definition) is 1. The summed E-state index contributed by atoms with van der Waals surface area (Å²) in [7, 11) is 1.99. The Kier molecular flexibility index (Phi) is 5.12. The van der Waals surface area contributed by atoms with E-state index in [-0.39, 0.29) is 0 Å². The standard InChI is InChI=1S/C16H25ClN2/c1-12(2)9-10-19(14-7-8-14)16-13(11-18-3)5-4-6-15(16)17/h4-6,12,14,18H,7-11H2,1-3H3. The van der Waals surface area contributed by atoms with E-state index in [4.69, 9.17) is 11.6 Å². The van der Waals surface area contributed by atoms with Crippen molar-refractivity contribution in [3.63, 3.8) is 0 Å².